The Morgan fingerprint density at radius 3 is 1.44 bits per heavy atom. The van der Waals surface area contributed by atoms with E-state index in [1.165, 1.54) is 109 Å². The second-order valence-electron chi connectivity index (χ2n) is 16.6. The summed E-state index contributed by atoms with van der Waals surface area (Å²) in [4.78, 5) is 22.8. The number of phosphoric acid groups is 1. The number of allylic oxidation sites excluding steroid dienone is 13. The van der Waals surface area contributed by atoms with Crippen molar-refractivity contribution in [1.29, 1.82) is 0 Å². The largest absolute Gasteiger partial charge is 0.472 e. The first-order valence-corrected chi connectivity index (χ1v) is 26.7. The summed E-state index contributed by atoms with van der Waals surface area (Å²) < 4.78 is 22.2. The second-order valence-corrected chi connectivity index (χ2v) is 18.1. The van der Waals surface area contributed by atoms with E-state index < -0.39 is 20.0 Å². The fourth-order valence-corrected chi connectivity index (χ4v) is 7.70. The number of carbonyl (C=O) groups is 1. The van der Waals surface area contributed by atoms with Crippen molar-refractivity contribution < 1.29 is 28.4 Å². The van der Waals surface area contributed by atoms with Crippen molar-refractivity contribution in [1.82, 2.24) is 5.32 Å². The van der Waals surface area contributed by atoms with Gasteiger partial charge in [-0.1, -0.05) is 214 Å². The molecule has 0 saturated carbocycles. The molecule has 0 aliphatic carbocycles. The summed E-state index contributed by atoms with van der Waals surface area (Å²) in [6.07, 6.45) is 65.0. The van der Waals surface area contributed by atoms with Crippen LogP contribution in [0.2, 0.25) is 0 Å². The van der Waals surface area contributed by atoms with Crippen molar-refractivity contribution in [2.75, 3.05) is 19.8 Å². The highest BCUT2D eigenvalue weighted by atomic mass is 31.2. The van der Waals surface area contributed by atoms with Gasteiger partial charge in [-0.2, -0.15) is 0 Å². The van der Waals surface area contributed by atoms with E-state index >= 15 is 0 Å². The van der Waals surface area contributed by atoms with E-state index in [4.69, 9.17) is 14.8 Å². The van der Waals surface area contributed by atoms with Gasteiger partial charge in [0.2, 0.25) is 5.91 Å². The minimum Gasteiger partial charge on any atom is -0.387 e. The second kappa shape index (κ2) is 48.1. The zero-order valence-corrected chi connectivity index (χ0v) is 40.7. The number of carbonyl (C=O) groups excluding carboxylic acids is 1. The van der Waals surface area contributed by atoms with Crippen molar-refractivity contribution in [3.8, 4) is 0 Å². The SMILES string of the molecule is CC/C=C\C/C=C\C/C=C\C/C=C\C/C=C\CCCCCCCCCC(=O)NC(COP(=O)(O)OCCN)C(O)/C=C/CC/C=C/CCCCCCCCCCCCCCCC. The Morgan fingerprint density at radius 1 is 0.548 bits per heavy atom. The molecule has 62 heavy (non-hydrogen) atoms. The summed E-state index contributed by atoms with van der Waals surface area (Å²) in [7, 11) is -4.36. The molecule has 0 aromatic rings. The lowest BCUT2D eigenvalue weighted by atomic mass is 10.0. The van der Waals surface area contributed by atoms with E-state index in [1.54, 1.807) is 6.08 Å². The first-order valence-electron chi connectivity index (χ1n) is 25.2. The molecule has 0 radical (unpaired) electrons. The van der Waals surface area contributed by atoms with Crippen LogP contribution in [0, 0.1) is 0 Å². The van der Waals surface area contributed by atoms with E-state index in [-0.39, 0.29) is 25.7 Å². The summed E-state index contributed by atoms with van der Waals surface area (Å²) in [5.41, 5.74) is 5.39. The predicted molar refractivity (Wildman–Crippen MR) is 267 cm³/mol. The van der Waals surface area contributed by atoms with Crippen LogP contribution in [0.5, 0.6) is 0 Å². The van der Waals surface area contributed by atoms with Gasteiger partial charge in [-0.15, -0.1) is 0 Å². The first kappa shape index (κ1) is 59.7. The average molecular weight is 887 g/mol. The Balaban J connectivity index is 4.20. The number of amides is 1. The van der Waals surface area contributed by atoms with Gasteiger partial charge < -0.3 is 21.1 Å². The highest BCUT2D eigenvalue weighted by molar-refractivity contribution is 7.47. The number of nitrogens with one attached hydrogen (secondary N) is 1. The summed E-state index contributed by atoms with van der Waals surface area (Å²) >= 11 is 0. The maximum absolute atomic E-state index is 12.8. The molecule has 8 nitrogen and oxygen atoms in total. The third-order valence-electron chi connectivity index (χ3n) is 10.7. The number of hydrogen-bond acceptors (Lipinski definition) is 6. The minimum atomic E-state index is -4.36. The molecular formula is C53H95N2O6P. The van der Waals surface area contributed by atoms with Crippen LogP contribution >= 0.6 is 7.82 Å². The van der Waals surface area contributed by atoms with E-state index in [1.807, 2.05) is 6.08 Å². The molecule has 3 unspecified atom stereocenters. The molecule has 0 aliphatic heterocycles. The van der Waals surface area contributed by atoms with Gasteiger partial charge in [-0.05, 0) is 77.0 Å². The molecule has 0 aromatic carbocycles. The topological polar surface area (TPSA) is 131 Å². The van der Waals surface area contributed by atoms with Crippen LogP contribution in [0.15, 0.2) is 85.1 Å². The third kappa shape index (κ3) is 45.7. The fraction of sp³-hybridized carbons (Fsp3) is 0.717. The van der Waals surface area contributed by atoms with Gasteiger partial charge in [0.1, 0.15) is 0 Å². The van der Waals surface area contributed by atoms with Gasteiger partial charge in [0.15, 0.2) is 0 Å². The number of unbranched alkanes of at least 4 members (excludes halogenated alkanes) is 22. The van der Waals surface area contributed by atoms with Gasteiger partial charge in [-0.3, -0.25) is 13.8 Å². The number of rotatable bonds is 46. The summed E-state index contributed by atoms with van der Waals surface area (Å²) in [6.45, 7) is 4.00. The van der Waals surface area contributed by atoms with Gasteiger partial charge in [0.05, 0.1) is 25.4 Å². The number of nitrogens with two attached hydrogens (primary N) is 1. The zero-order valence-electron chi connectivity index (χ0n) is 39.8. The van der Waals surface area contributed by atoms with Crippen molar-refractivity contribution in [3.05, 3.63) is 85.1 Å². The number of aliphatic hydroxyl groups is 1. The third-order valence-corrected chi connectivity index (χ3v) is 11.7. The standard InChI is InChI=1S/C53H95N2O6P/c1-3-5-7-9-11-13-15-17-19-21-23-25-26-27-29-31-33-35-37-39-41-43-45-47-53(57)55-51(50-61-62(58,59)60-49-48-54)52(56)46-44-42-40-38-36-34-32-30-28-24-22-20-18-16-14-12-10-8-6-4-2/h5,7,11,13,17,19,23,25,27,29,36,38,44,46,51-52,56H,3-4,6,8-10,12,14-16,18,20-22,24,26,28,30-35,37,39-43,45,47-50,54H2,1-2H3,(H,55,57)(H,58,59)/b7-5-,13-11-,19-17-,25-23-,29-27-,38-36+,46-44+. The smallest absolute Gasteiger partial charge is 0.387 e. The molecule has 0 aromatic heterocycles. The number of hydrogen-bond donors (Lipinski definition) is 4. The van der Waals surface area contributed by atoms with Gasteiger partial charge in [-0.25, -0.2) is 4.57 Å². The summed E-state index contributed by atoms with van der Waals surface area (Å²) in [5.74, 6) is -0.217. The number of aliphatic hydroxyl groups excluding tert-OH is 1. The van der Waals surface area contributed by atoms with E-state index in [9.17, 15) is 19.4 Å². The Hall–Kier alpha value is -2.32. The van der Waals surface area contributed by atoms with E-state index in [0.29, 0.717) is 6.42 Å². The van der Waals surface area contributed by atoms with Crippen molar-refractivity contribution in [2.45, 2.75) is 225 Å². The van der Waals surface area contributed by atoms with Crippen LogP contribution in [-0.4, -0.2) is 47.8 Å². The Bertz CT molecular complexity index is 1240. The fourth-order valence-electron chi connectivity index (χ4n) is 6.94. The van der Waals surface area contributed by atoms with Crippen molar-refractivity contribution in [2.24, 2.45) is 5.73 Å². The summed E-state index contributed by atoms with van der Waals surface area (Å²) in [6, 6.07) is -0.889. The Morgan fingerprint density at radius 2 is 0.952 bits per heavy atom. The molecule has 0 rings (SSSR count). The van der Waals surface area contributed by atoms with Crippen LogP contribution in [0.1, 0.15) is 213 Å². The van der Waals surface area contributed by atoms with Crippen LogP contribution in [0.25, 0.3) is 0 Å². The lowest BCUT2D eigenvalue weighted by Crippen LogP contribution is -2.45. The summed E-state index contributed by atoms with van der Waals surface area (Å²) in [5, 5.41) is 13.7. The van der Waals surface area contributed by atoms with Crippen LogP contribution in [-0.2, 0) is 18.4 Å². The molecule has 0 aliphatic rings. The highest BCUT2D eigenvalue weighted by Gasteiger charge is 2.26. The molecule has 0 heterocycles. The molecule has 1 amide bonds. The highest BCUT2D eigenvalue weighted by Crippen LogP contribution is 2.43. The molecule has 3 atom stereocenters. The monoisotopic (exact) mass is 887 g/mol. The average Bonchev–Trinajstić information content (AvgIpc) is 3.26. The van der Waals surface area contributed by atoms with Crippen LogP contribution in [0.3, 0.4) is 0 Å². The minimum absolute atomic E-state index is 0.0679. The maximum atomic E-state index is 12.8. The number of phosphoric ester groups is 1. The lowest BCUT2D eigenvalue weighted by molar-refractivity contribution is -0.123. The quantitative estimate of drug-likeness (QED) is 0.0272. The van der Waals surface area contributed by atoms with Crippen LogP contribution < -0.4 is 11.1 Å². The lowest BCUT2D eigenvalue weighted by Gasteiger charge is -2.23. The van der Waals surface area contributed by atoms with Crippen molar-refractivity contribution in [3.63, 3.8) is 0 Å². The molecule has 358 valence electrons. The van der Waals surface area contributed by atoms with E-state index in [2.05, 4.69) is 92.1 Å². The normalized spacial score (nSPS) is 14.6. The molecular weight excluding hydrogens is 792 g/mol. The maximum Gasteiger partial charge on any atom is 0.472 e. The molecule has 0 saturated heterocycles. The molecule has 0 fully saturated rings. The molecule has 9 heteroatoms. The Kier molecular flexibility index (Phi) is 46.3. The van der Waals surface area contributed by atoms with Crippen molar-refractivity contribution >= 4 is 13.7 Å². The zero-order chi connectivity index (χ0) is 45.3. The van der Waals surface area contributed by atoms with E-state index in [0.717, 1.165) is 83.5 Å². The first-order chi connectivity index (χ1) is 30.4. The predicted octanol–water partition coefficient (Wildman–Crippen LogP) is 15.0. The molecule has 0 spiro atoms. The molecule has 5 N–H and O–H groups in total. The van der Waals surface area contributed by atoms with Crippen LogP contribution in [0.4, 0.5) is 0 Å². The van der Waals surface area contributed by atoms with Gasteiger partial charge in [0.25, 0.3) is 0 Å². The molecule has 0 bridgehead atoms. The van der Waals surface area contributed by atoms with Gasteiger partial charge >= 0.3 is 7.82 Å². The van der Waals surface area contributed by atoms with Gasteiger partial charge in [0, 0.05) is 13.0 Å². The Labute approximate surface area is 381 Å².